The summed E-state index contributed by atoms with van der Waals surface area (Å²) in [6.45, 7) is 4.83. The molecule has 1 amide bonds. The molecule has 1 heterocycles. The van der Waals surface area contributed by atoms with Gasteiger partial charge in [-0.25, -0.2) is 10.2 Å². The van der Waals surface area contributed by atoms with E-state index in [0.717, 1.165) is 0 Å². The topological polar surface area (TPSA) is 97.3 Å². The molecule has 0 saturated heterocycles. The fourth-order valence-corrected chi connectivity index (χ4v) is 1.79. The van der Waals surface area contributed by atoms with Crippen molar-refractivity contribution in [2.45, 2.75) is 26.4 Å². The Balaban J connectivity index is 2.15. The number of anilines is 1. The van der Waals surface area contributed by atoms with Gasteiger partial charge >= 0.3 is 12.1 Å². The van der Waals surface area contributed by atoms with Crippen LogP contribution in [0.25, 0.3) is 0 Å². The molecule has 1 aliphatic heterocycles. The molecule has 0 radical (unpaired) electrons. The van der Waals surface area contributed by atoms with Gasteiger partial charge in [-0.15, -0.1) is 0 Å². The van der Waals surface area contributed by atoms with E-state index in [2.05, 4.69) is 5.43 Å². The maximum Gasteiger partial charge on any atom is 0.426 e. The number of hydrazine groups is 1. The zero-order valence-electron chi connectivity index (χ0n) is 12.6. The fraction of sp³-hybridized carbons (Fsp3) is 0.429. The standard InChI is InChI=1S/C14H18N2O6/c1-14(2,3)22-13(19)15-16(7-12(17)18)9-4-5-10-11(6-9)21-8-20-10/h4-6H,7-8H2,1-3H3,(H,15,19)(H,17,18). The zero-order chi connectivity index (χ0) is 16.3. The van der Waals surface area contributed by atoms with E-state index < -0.39 is 24.2 Å². The minimum atomic E-state index is -1.10. The number of carbonyl (C=O) groups is 2. The molecule has 120 valence electrons. The third kappa shape index (κ3) is 4.18. The molecule has 8 heteroatoms. The first-order valence-electron chi connectivity index (χ1n) is 6.63. The second-order valence-corrected chi connectivity index (χ2v) is 5.63. The number of ether oxygens (including phenoxy) is 3. The van der Waals surface area contributed by atoms with E-state index >= 15 is 0 Å². The summed E-state index contributed by atoms with van der Waals surface area (Å²) in [6.07, 6.45) is -0.744. The summed E-state index contributed by atoms with van der Waals surface area (Å²) in [5.74, 6) is -0.0519. The van der Waals surface area contributed by atoms with Crippen LogP contribution in [0, 0.1) is 0 Å². The number of nitrogens with one attached hydrogen (secondary N) is 1. The summed E-state index contributed by atoms with van der Waals surface area (Å²) in [7, 11) is 0. The van der Waals surface area contributed by atoms with Gasteiger partial charge in [-0.2, -0.15) is 0 Å². The van der Waals surface area contributed by atoms with Crippen molar-refractivity contribution in [1.29, 1.82) is 0 Å². The second kappa shape index (κ2) is 6.00. The number of aliphatic carboxylic acids is 1. The van der Waals surface area contributed by atoms with Crippen LogP contribution in [0.5, 0.6) is 11.5 Å². The SMILES string of the molecule is CC(C)(C)OC(=O)NN(CC(=O)O)c1ccc2c(c1)OCO2. The van der Waals surface area contributed by atoms with Crippen molar-refractivity contribution in [3.63, 3.8) is 0 Å². The third-order valence-electron chi connectivity index (χ3n) is 2.59. The van der Waals surface area contributed by atoms with Gasteiger partial charge in [0.15, 0.2) is 11.5 Å². The average molecular weight is 310 g/mol. The summed E-state index contributed by atoms with van der Waals surface area (Å²) < 4.78 is 15.6. The van der Waals surface area contributed by atoms with Gasteiger partial charge < -0.3 is 19.3 Å². The van der Waals surface area contributed by atoms with Crippen molar-refractivity contribution < 1.29 is 28.9 Å². The number of benzene rings is 1. The Hall–Kier alpha value is -2.64. The molecule has 0 bridgehead atoms. The Morgan fingerprint density at radius 3 is 2.64 bits per heavy atom. The minimum Gasteiger partial charge on any atom is -0.480 e. The molecule has 0 unspecified atom stereocenters. The molecule has 0 saturated carbocycles. The van der Waals surface area contributed by atoms with Gasteiger partial charge in [0.05, 0.1) is 5.69 Å². The maximum atomic E-state index is 11.8. The molecule has 0 atom stereocenters. The number of amides is 1. The number of fused-ring (bicyclic) bond motifs is 1. The summed E-state index contributed by atoms with van der Waals surface area (Å²) >= 11 is 0. The Morgan fingerprint density at radius 2 is 2.00 bits per heavy atom. The van der Waals surface area contributed by atoms with Gasteiger partial charge in [-0.1, -0.05) is 0 Å². The number of carboxylic acid groups (broad SMARTS) is 1. The lowest BCUT2D eigenvalue weighted by atomic mass is 10.2. The molecule has 2 N–H and O–H groups in total. The van der Waals surface area contributed by atoms with Crippen LogP contribution in [0.4, 0.5) is 10.5 Å². The van der Waals surface area contributed by atoms with E-state index in [-0.39, 0.29) is 6.79 Å². The van der Waals surface area contributed by atoms with Crippen LogP contribution in [0.3, 0.4) is 0 Å². The van der Waals surface area contributed by atoms with Gasteiger partial charge in [0.1, 0.15) is 12.1 Å². The monoisotopic (exact) mass is 310 g/mol. The van der Waals surface area contributed by atoms with Gasteiger partial charge in [0, 0.05) is 6.07 Å². The molecule has 0 spiro atoms. The zero-order valence-corrected chi connectivity index (χ0v) is 12.6. The second-order valence-electron chi connectivity index (χ2n) is 5.63. The summed E-state index contributed by atoms with van der Waals surface area (Å²) in [5.41, 5.74) is 2.16. The number of carbonyl (C=O) groups excluding carboxylic acids is 1. The Labute approximate surface area is 127 Å². The highest BCUT2D eigenvalue weighted by Crippen LogP contribution is 2.35. The quantitative estimate of drug-likeness (QED) is 0.817. The number of hydrogen-bond acceptors (Lipinski definition) is 6. The van der Waals surface area contributed by atoms with E-state index in [1.165, 1.54) is 5.01 Å². The summed E-state index contributed by atoms with van der Waals surface area (Å²) in [4.78, 5) is 22.8. The smallest absolute Gasteiger partial charge is 0.426 e. The number of rotatable bonds is 4. The van der Waals surface area contributed by atoms with Gasteiger partial charge in [-0.3, -0.25) is 9.80 Å². The van der Waals surface area contributed by atoms with Crippen LogP contribution in [-0.2, 0) is 9.53 Å². The van der Waals surface area contributed by atoms with Crippen molar-refractivity contribution in [2.24, 2.45) is 0 Å². The molecule has 22 heavy (non-hydrogen) atoms. The lowest BCUT2D eigenvalue weighted by molar-refractivity contribution is -0.135. The highest BCUT2D eigenvalue weighted by molar-refractivity contribution is 5.77. The Bertz CT molecular complexity index is 581. The van der Waals surface area contributed by atoms with Crippen LogP contribution in [-0.4, -0.2) is 36.1 Å². The van der Waals surface area contributed by atoms with Gasteiger partial charge in [-0.05, 0) is 32.9 Å². The molecule has 0 aromatic heterocycles. The van der Waals surface area contributed by atoms with Crippen LogP contribution in [0.1, 0.15) is 20.8 Å². The first kappa shape index (κ1) is 15.7. The van der Waals surface area contributed by atoms with E-state index in [4.69, 9.17) is 19.3 Å². The largest absolute Gasteiger partial charge is 0.480 e. The molecule has 2 rings (SSSR count). The third-order valence-corrected chi connectivity index (χ3v) is 2.59. The van der Waals surface area contributed by atoms with Gasteiger partial charge in [0.2, 0.25) is 6.79 Å². The fourth-order valence-electron chi connectivity index (χ4n) is 1.79. The van der Waals surface area contributed by atoms with Crippen molar-refractivity contribution in [3.05, 3.63) is 18.2 Å². The predicted molar refractivity (Wildman–Crippen MR) is 76.9 cm³/mol. The normalized spacial score (nSPS) is 12.7. The Morgan fingerprint density at radius 1 is 1.32 bits per heavy atom. The van der Waals surface area contributed by atoms with Crippen molar-refractivity contribution in [3.8, 4) is 11.5 Å². The van der Waals surface area contributed by atoms with E-state index in [1.54, 1.807) is 39.0 Å². The highest BCUT2D eigenvalue weighted by Gasteiger charge is 2.22. The number of hydrogen-bond donors (Lipinski definition) is 2. The van der Waals surface area contributed by atoms with Crippen molar-refractivity contribution in [2.75, 3.05) is 18.3 Å². The van der Waals surface area contributed by atoms with E-state index in [0.29, 0.717) is 17.2 Å². The Kier molecular flexibility index (Phi) is 4.30. The first-order valence-corrected chi connectivity index (χ1v) is 6.63. The van der Waals surface area contributed by atoms with Crippen LogP contribution in [0.2, 0.25) is 0 Å². The van der Waals surface area contributed by atoms with Crippen molar-refractivity contribution in [1.82, 2.24) is 5.43 Å². The lowest BCUT2D eigenvalue weighted by Gasteiger charge is -2.26. The van der Waals surface area contributed by atoms with Gasteiger partial charge in [0.25, 0.3) is 0 Å². The number of carboxylic acids is 1. The molecular weight excluding hydrogens is 292 g/mol. The van der Waals surface area contributed by atoms with Crippen LogP contribution >= 0.6 is 0 Å². The molecule has 1 aromatic carbocycles. The minimum absolute atomic E-state index is 0.108. The number of nitrogens with zero attached hydrogens (tertiary/aromatic N) is 1. The van der Waals surface area contributed by atoms with E-state index in [1.807, 2.05) is 0 Å². The first-order chi connectivity index (χ1) is 10.2. The molecule has 1 aliphatic rings. The van der Waals surface area contributed by atoms with Crippen molar-refractivity contribution >= 4 is 17.7 Å². The summed E-state index contributed by atoms with van der Waals surface area (Å²) in [6, 6.07) is 4.85. The van der Waals surface area contributed by atoms with Crippen LogP contribution in [0.15, 0.2) is 18.2 Å². The highest BCUT2D eigenvalue weighted by atomic mass is 16.7. The molecule has 0 fully saturated rings. The van der Waals surface area contributed by atoms with Crippen LogP contribution < -0.4 is 19.9 Å². The maximum absolute atomic E-state index is 11.8. The molecule has 8 nitrogen and oxygen atoms in total. The predicted octanol–water partition coefficient (Wildman–Crippen LogP) is 1.75. The summed E-state index contributed by atoms with van der Waals surface area (Å²) in [5, 5.41) is 10.2. The molecule has 0 aliphatic carbocycles. The average Bonchev–Trinajstić information content (AvgIpc) is 2.81. The molecular formula is C14H18N2O6. The van der Waals surface area contributed by atoms with E-state index in [9.17, 15) is 9.59 Å². The molecule has 1 aromatic rings. The lowest BCUT2D eigenvalue weighted by Crippen LogP contribution is -2.47.